The van der Waals surface area contributed by atoms with Crippen LogP contribution in [0.25, 0.3) is 0 Å². The smallest absolute Gasteiger partial charge is 0.269 e. The van der Waals surface area contributed by atoms with Crippen molar-refractivity contribution in [2.24, 2.45) is 13.0 Å². The van der Waals surface area contributed by atoms with Gasteiger partial charge in [0.15, 0.2) is 0 Å². The third kappa shape index (κ3) is 4.68. The van der Waals surface area contributed by atoms with E-state index in [0.717, 1.165) is 12.8 Å². The average molecular weight is 398 g/mol. The second kappa shape index (κ2) is 8.68. The lowest BCUT2D eigenvalue weighted by Gasteiger charge is -2.32. The minimum Gasteiger partial charge on any atom is -0.352 e. The van der Waals surface area contributed by atoms with Crippen molar-refractivity contribution in [3.05, 3.63) is 74.2 Å². The number of hydrogen-bond acceptors (Lipinski definition) is 5. The number of nitro benzene ring substituents is 1. The van der Waals surface area contributed by atoms with Crippen LogP contribution >= 0.6 is 0 Å². The number of hydrogen-bond donors (Lipinski definition) is 1. The van der Waals surface area contributed by atoms with E-state index in [9.17, 15) is 24.5 Å². The van der Waals surface area contributed by atoms with Gasteiger partial charge in [-0.15, -0.1) is 0 Å². The van der Waals surface area contributed by atoms with Crippen molar-refractivity contribution in [1.82, 2.24) is 14.8 Å². The molecule has 2 aromatic rings. The van der Waals surface area contributed by atoms with Crippen molar-refractivity contribution in [2.45, 2.75) is 12.8 Å². The molecule has 29 heavy (non-hydrogen) atoms. The molecular weight excluding hydrogens is 376 g/mol. The molecular formula is C20H22N4O5. The largest absolute Gasteiger partial charge is 0.352 e. The van der Waals surface area contributed by atoms with Gasteiger partial charge in [-0.2, -0.15) is 0 Å². The number of pyridine rings is 1. The lowest BCUT2D eigenvalue weighted by atomic mass is 9.96. The minimum absolute atomic E-state index is 0.0631. The van der Waals surface area contributed by atoms with Gasteiger partial charge in [0.25, 0.3) is 23.1 Å². The summed E-state index contributed by atoms with van der Waals surface area (Å²) in [5.41, 5.74) is 0.157. The maximum Gasteiger partial charge on any atom is 0.269 e. The fourth-order valence-corrected chi connectivity index (χ4v) is 3.34. The minimum atomic E-state index is -0.512. The van der Waals surface area contributed by atoms with E-state index >= 15 is 0 Å². The highest BCUT2D eigenvalue weighted by atomic mass is 16.6. The molecule has 3 rings (SSSR count). The summed E-state index contributed by atoms with van der Waals surface area (Å²) in [6, 6.07) is 8.67. The Labute approximate surface area is 167 Å². The first-order chi connectivity index (χ1) is 13.9. The average Bonchev–Trinajstić information content (AvgIpc) is 2.74. The molecule has 0 saturated carbocycles. The maximum atomic E-state index is 12.6. The molecule has 1 aromatic heterocycles. The first-order valence-corrected chi connectivity index (χ1v) is 9.34. The molecule has 0 bridgehead atoms. The molecule has 1 aliphatic rings. The number of amides is 2. The van der Waals surface area contributed by atoms with E-state index in [2.05, 4.69) is 5.32 Å². The Bertz CT molecular complexity index is 975. The Hall–Kier alpha value is -3.49. The van der Waals surface area contributed by atoms with Crippen molar-refractivity contribution >= 4 is 17.5 Å². The highest BCUT2D eigenvalue weighted by Crippen LogP contribution is 2.18. The van der Waals surface area contributed by atoms with Crippen LogP contribution < -0.4 is 10.9 Å². The number of rotatable bonds is 5. The third-order valence-electron chi connectivity index (χ3n) is 5.15. The number of likely N-dealkylation sites (tertiary alicyclic amines) is 1. The molecule has 2 heterocycles. The van der Waals surface area contributed by atoms with Gasteiger partial charge in [0.05, 0.1) is 4.92 Å². The number of aromatic nitrogens is 1. The quantitative estimate of drug-likeness (QED) is 0.607. The molecule has 9 nitrogen and oxygen atoms in total. The molecule has 1 aliphatic heterocycles. The lowest BCUT2D eigenvalue weighted by Crippen LogP contribution is -2.43. The van der Waals surface area contributed by atoms with E-state index in [1.165, 1.54) is 28.8 Å². The molecule has 1 saturated heterocycles. The van der Waals surface area contributed by atoms with Gasteiger partial charge in [-0.3, -0.25) is 24.5 Å². The fourth-order valence-electron chi connectivity index (χ4n) is 3.34. The number of piperidine rings is 1. The Balaban J connectivity index is 1.50. The molecule has 0 unspecified atom stereocenters. The van der Waals surface area contributed by atoms with E-state index in [1.54, 1.807) is 30.3 Å². The summed E-state index contributed by atoms with van der Waals surface area (Å²) >= 11 is 0. The molecule has 0 spiro atoms. The topological polar surface area (TPSA) is 115 Å². The predicted octanol–water partition coefficient (Wildman–Crippen LogP) is 1.58. The van der Waals surface area contributed by atoms with Crippen LogP contribution in [-0.2, 0) is 7.05 Å². The van der Waals surface area contributed by atoms with Crippen LogP contribution in [0.1, 0.15) is 33.6 Å². The van der Waals surface area contributed by atoms with Gasteiger partial charge in [-0.25, -0.2) is 0 Å². The molecule has 0 radical (unpaired) electrons. The van der Waals surface area contributed by atoms with Gasteiger partial charge in [0.1, 0.15) is 5.56 Å². The van der Waals surface area contributed by atoms with Crippen LogP contribution in [0.3, 0.4) is 0 Å². The fraction of sp³-hybridized carbons (Fsp3) is 0.350. The Kier molecular flexibility index (Phi) is 6.06. The van der Waals surface area contributed by atoms with Gasteiger partial charge in [0.2, 0.25) is 0 Å². The highest BCUT2D eigenvalue weighted by molar-refractivity contribution is 5.94. The zero-order valence-corrected chi connectivity index (χ0v) is 16.0. The number of carbonyl (C=O) groups is 2. The summed E-state index contributed by atoms with van der Waals surface area (Å²) in [4.78, 5) is 48.8. The van der Waals surface area contributed by atoms with Crippen LogP contribution in [0.4, 0.5) is 5.69 Å². The molecule has 1 aromatic carbocycles. The first kappa shape index (κ1) is 20.2. The summed E-state index contributed by atoms with van der Waals surface area (Å²) in [5.74, 6) is -0.328. The number of nitrogens with one attached hydrogen (secondary N) is 1. The molecule has 1 fully saturated rings. The van der Waals surface area contributed by atoms with Gasteiger partial charge < -0.3 is 14.8 Å². The van der Waals surface area contributed by atoms with E-state index in [4.69, 9.17) is 0 Å². The number of nitrogens with zero attached hydrogens (tertiary/aromatic N) is 3. The van der Waals surface area contributed by atoms with Crippen LogP contribution in [-0.4, -0.2) is 45.8 Å². The predicted molar refractivity (Wildman–Crippen MR) is 106 cm³/mol. The zero-order chi connectivity index (χ0) is 21.0. The second-order valence-corrected chi connectivity index (χ2v) is 7.09. The summed E-state index contributed by atoms with van der Waals surface area (Å²) in [6.45, 7) is 1.51. The van der Waals surface area contributed by atoms with Crippen molar-refractivity contribution in [1.29, 1.82) is 0 Å². The van der Waals surface area contributed by atoms with Gasteiger partial charge in [0, 0.05) is 50.6 Å². The molecule has 9 heteroatoms. The van der Waals surface area contributed by atoms with Crippen LogP contribution in [0, 0.1) is 16.0 Å². The van der Waals surface area contributed by atoms with Gasteiger partial charge >= 0.3 is 0 Å². The molecule has 0 aliphatic carbocycles. The van der Waals surface area contributed by atoms with Crippen molar-refractivity contribution in [2.75, 3.05) is 19.6 Å². The summed E-state index contributed by atoms with van der Waals surface area (Å²) in [5, 5.41) is 13.5. The summed E-state index contributed by atoms with van der Waals surface area (Å²) in [7, 11) is 1.61. The van der Waals surface area contributed by atoms with E-state index in [-0.39, 0.29) is 34.5 Å². The Morgan fingerprint density at radius 2 is 1.83 bits per heavy atom. The molecule has 1 N–H and O–H groups in total. The SMILES string of the molecule is Cn1cccc(C(=O)N2CCC(CNC(=O)c3ccc([N+](=O)[O-])cc3)CC2)c1=O. The second-order valence-electron chi connectivity index (χ2n) is 7.09. The summed E-state index contributed by atoms with van der Waals surface area (Å²) in [6.07, 6.45) is 3.05. The molecule has 152 valence electrons. The normalized spacial score (nSPS) is 14.4. The molecule has 0 atom stereocenters. The zero-order valence-electron chi connectivity index (χ0n) is 16.0. The van der Waals surface area contributed by atoms with E-state index < -0.39 is 4.92 Å². The number of aryl methyl sites for hydroxylation is 1. The van der Waals surface area contributed by atoms with Crippen molar-refractivity contribution < 1.29 is 14.5 Å². The lowest BCUT2D eigenvalue weighted by molar-refractivity contribution is -0.384. The van der Waals surface area contributed by atoms with E-state index in [0.29, 0.717) is 25.2 Å². The van der Waals surface area contributed by atoms with Crippen molar-refractivity contribution in [3.8, 4) is 0 Å². The number of benzene rings is 1. The maximum absolute atomic E-state index is 12.6. The number of carbonyl (C=O) groups excluding carboxylic acids is 2. The van der Waals surface area contributed by atoms with E-state index in [1.807, 2.05) is 0 Å². The first-order valence-electron chi connectivity index (χ1n) is 9.34. The van der Waals surface area contributed by atoms with Crippen molar-refractivity contribution in [3.63, 3.8) is 0 Å². The van der Waals surface area contributed by atoms with Crippen LogP contribution in [0.5, 0.6) is 0 Å². The van der Waals surface area contributed by atoms with Crippen LogP contribution in [0.2, 0.25) is 0 Å². The monoisotopic (exact) mass is 398 g/mol. The summed E-state index contributed by atoms with van der Waals surface area (Å²) < 4.78 is 1.38. The van der Waals surface area contributed by atoms with Gasteiger partial charge in [-0.1, -0.05) is 0 Å². The molecule has 2 amide bonds. The number of nitro groups is 1. The highest BCUT2D eigenvalue weighted by Gasteiger charge is 2.25. The van der Waals surface area contributed by atoms with Crippen LogP contribution in [0.15, 0.2) is 47.4 Å². The third-order valence-corrected chi connectivity index (χ3v) is 5.15. The Morgan fingerprint density at radius 1 is 1.17 bits per heavy atom. The number of non-ortho nitro benzene ring substituents is 1. The standard InChI is InChI=1S/C20H22N4O5/c1-22-10-2-3-17(19(22)26)20(27)23-11-8-14(9-12-23)13-21-18(25)15-4-6-16(7-5-15)24(28)29/h2-7,10,14H,8-9,11-13H2,1H3,(H,21,25). The van der Waals surface area contributed by atoms with Gasteiger partial charge in [-0.05, 0) is 43.0 Å². The Morgan fingerprint density at radius 3 is 2.45 bits per heavy atom.